The van der Waals surface area contributed by atoms with Crippen molar-refractivity contribution in [3.63, 3.8) is 0 Å². The maximum absolute atomic E-state index is 12.3. The minimum atomic E-state index is -4.38. The van der Waals surface area contributed by atoms with E-state index in [4.69, 9.17) is 5.73 Å². The molecule has 1 amide bonds. The molecule has 0 spiro atoms. The molecule has 21 heavy (non-hydrogen) atoms. The fourth-order valence-corrected chi connectivity index (χ4v) is 1.72. The van der Waals surface area contributed by atoms with Crippen molar-refractivity contribution in [3.05, 3.63) is 22.2 Å². The number of thiol groups is 1. The standard InChI is InChI=1S/C11H15F3N4O2S/c12-11(13,14)1-3-18-9(16-2-4-21)6-7(5-8(15)19)17-10(18)20/h6,16,21H,1-5H2,(H2,15,19). The van der Waals surface area contributed by atoms with E-state index >= 15 is 0 Å². The number of hydrogen-bond acceptors (Lipinski definition) is 5. The molecule has 0 saturated heterocycles. The second-order valence-corrected chi connectivity index (χ2v) is 4.67. The largest absolute Gasteiger partial charge is 0.390 e. The summed E-state index contributed by atoms with van der Waals surface area (Å²) in [5.74, 6) is -0.111. The summed E-state index contributed by atoms with van der Waals surface area (Å²) in [6.07, 6.45) is -5.80. The molecule has 0 aliphatic heterocycles. The first kappa shape index (κ1) is 17.3. The Labute approximate surface area is 123 Å². The van der Waals surface area contributed by atoms with Gasteiger partial charge < -0.3 is 11.1 Å². The van der Waals surface area contributed by atoms with Crippen molar-refractivity contribution in [1.29, 1.82) is 0 Å². The van der Waals surface area contributed by atoms with Crippen molar-refractivity contribution in [2.24, 2.45) is 5.73 Å². The number of anilines is 1. The lowest BCUT2D eigenvalue weighted by Gasteiger charge is -2.15. The Morgan fingerprint density at radius 1 is 1.48 bits per heavy atom. The molecule has 0 saturated carbocycles. The van der Waals surface area contributed by atoms with Gasteiger partial charge in [-0.15, -0.1) is 0 Å². The summed E-state index contributed by atoms with van der Waals surface area (Å²) < 4.78 is 37.7. The molecule has 0 aromatic carbocycles. The Kier molecular flexibility index (Phi) is 6.06. The zero-order chi connectivity index (χ0) is 16.0. The van der Waals surface area contributed by atoms with Gasteiger partial charge in [-0.2, -0.15) is 30.8 Å². The lowest BCUT2D eigenvalue weighted by atomic mass is 10.2. The van der Waals surface area contributed by atoms with E-state index in [-0.39, 0.29) is 17.9 Å². The van der Waals surface area contributed by atoms with Gasteiger partial charge in [0.1, 0.15) is 5.82 Å². The third-order valence-corrected chi connectivity index (χ3v) is 2.68. The lowest BCUT2D eigenvalue weighted by Crippen LogP contribution is -2.30. The fraction of sp³-hybridized carbons (Fsp3) is 0.545. The summed E-state index contributed by atoms with van der Waals surface area (Å²) in [6.45, 7) is -0.213. The Bertz CT molecular complexity index is 559. The molecule has 3 N–H and O–H groups in total. The number of rotatable bonds is 7. The van der Waals surface area contributed by atoms with Crippen LogP contribution in [0.25, 0.3) is 0 Å². The van der Waals surface area contributed by atoms with E-state index in [1.54, 1.807) is 0 Å². The maximum atomic E-state index is 12.3. The van der Waals surface area contributed by atoms with Gasteiger partial charge in [0.15, 0.2) is 0 Å². The number of primary amides is 1. The molecule has 1 aromatic rings. The van der Waals surface area contributed by atoms with Crippen LogP contribution in [0.3, 0.4) is 0 Å². The molecule has 0 radical (unpaired) electrons. The predicted octanol–water partition coefficient (Wildman–Crippen LogP) is 0.565. The molecule has 10 heteroatoms. The fourth-order valence-electron chi connectivity index (χ4n) is 1.61. The minimum absolute atomic E-state index is 0.109. The van der Waals surface area contributed by atoms with Crippen LogP contribution in [0.2, 0.25) is 0 Å². The molecule has 6 nitrogen and oxygen atoms in total. The van der Waals surface area contributed by atoms with E-state index in [0.29, 0.717) is 12.3 Å². The highest BCUT2D eigenvalue weighted by Crippen LogP contribution is 2.21. The van der Waals surface area contributed by atoms with Crippen LogP contribution in [0.4, 0.5) is 19.0 Å². The van der Waals surface area contributed by atoms with E-state index in [1.807, 2.05) is 0 Å². The summed E-state index contributed by atoms with van der Waals surface area (Å²) in [5, 5.41) is 2.78. The van der Waals surface area contributed by atoms with Gasteiger partial charge in [0.05, 0.1) is 18.5 Å². The van der Waals surface area contributed by atoms with Gasteiger partial charge in [0.25, 0.3) is 0 Å². The molecule has 1 aromatic heterocycles. The number of nitrogens with one attached hydrogen (secondary N) is 1. The molecule has 0 fully saturated rings. The summed E-state index contributed by atoms with van der Waals surface area (Å²) in [6, 6.07) is 1.34. The Morgan fingerprint density at radius 2 is 2.14 bits per heavy atom. The van der Waals surface area contributed by atoms with E-state index in [9.17, 15) is 22.8 Å². The van der Waals surface area contributed by atoms with Crippen molar-refractivity contribution in [2.45, 2.75) is 25.6 Å². The topological polar surface area (TPSA) is 90.0 Å². The second kappa shape index (κ2) is 7.34. The van der Waals surface area contributed by atoms with Crippen LogP contribution in [-0.2, 0) is 17.8 Å². The number of amides is 1. The molecular weight excluding hydrogens is 309 g/mol. The first-order valence-electron chi connectivity index (χ1n) is 6.03. The van der Waals surface area contributed by atoms with Gasteiger partial charge in [0.2, 0.25) is 5.91 Å². The monoisotopic (exact) mass is 324 g/mol. The van der Waals surface area contributed by atoms with Crippen molar-refractivity contribution in [3.8, 4) is 0 Å². The van der Waals surface area contributed by atoms with Crippen LogP contribution in [-0.4, -0.2) is 33.9 Å². The molecule has 0 atom stereocenters. The number of carbonyl (C=O) groups excluding carboxylic acids is 1. The average molecular weight is 324 g/mol. The summed E-state index contributed by atoms with van der Waals surface area (Å²) in [5.41, 5.74) is 4.26. The normalized spacial score (nSPS) is 11.4. The molecule has 0 aliphatic carbocycles. The van der Waals surface area contributed by atoms with Crippen molar-refractivity contribution in [2.75, 3.05) is 17.6 Å². The number of aromatic nitrogens is 2. The van der Waals surface area contributed by atoms with Gasteiger partial charge in [-0.05, 0) is 0 Å². The van der Waals surface area contributed by atoms with Crippen molar-refractivity contribution < 1.29 is 18.0 Å². The zero-order valence-corrected chi connectivity index (χ0v) is 11.9. The Balaban J connectivity index is 3.08. The number of carbonyl (C=O) groups is 1. The summed E-state index contributed by atoms with van der Waals surface area (Å²) in [4.78, 5) is 26.2. The van der Waals surface area contributed by atoms with Crippen LogP contribution < -0.4 is 16.7 Å². The molecule has 0 unspecified atom stereocenters. The van der Waals surface area contributed by atoms with Crippen LogP contribution in [0.1, 0.15) is 12.1 Å². The zero-order valence-electron chi connectivity index (χ0n) is 11.0. The van der Waals surface area contributed by atoms with Gasteiger partial charge in [-0.25, -0.2) is 4.79 Å². The van der Waals surface area contributed by atoms with Crippen LogP contribution in [0.5, 0.6) is 0 Å². The number of nitrogens with two attached hydrogens (primary N) is 1. The Morgan fingerprint density at radius 3 is 2.67 bits per heavy atom. The molecule has 0 bridgehead atoms. The van der Waals surface area contributed by atoms with Crippen LogP contribution in [0, 0.1) is 0 Å². The molecule has 0 aliphatic rings. The number of halogens is 3. The second-order valence-electron chi connectivity index (χ2n) is 4.23. The van der Waals surface area contributed by atoms with E-state index < -0.39 is 30.7 Å². The number of hydrogen-bond donors (Lipinski definition) is 3. The van der Waals surface area contributed by atoms with Crippen molar-refractivity contribution in [1.82, 2.24) is 9.55 Å². The lowest BCUT2D eigenvalue weighted by molar-refractivity contribution is -0.136. The molecular formula is C11H15F3N4O2S. The Hall–Kier alpha value is -1.71. The van der Waals surface area contributed by atoms with Gasteiger partial charge in [-0.1, -0.05) is 0 Å². The molecule has 1 heterocycles. The summed E-state index contributed by atoms with van der Waals surface area (Å²) >= 11 is 3.97. The van der Waals surface area contributed by atoms with Crippen molar-refractivity contribution >= 4 is 24.4 Å². The summed E-state index contributed by atoms with van der Waals surface area (Å²) in [7, 11) is 0. The highest BCUT2D eigenvalue weighted by Gasteiger charge is 2.27. The third-order valence-electron chi connectivity index (χ3n) is 2.46. The minimum Gasteiger partial charge on any atom is -0.370 e. The number of nitrogens with zero attached hydrogens (tertiary/aromatic N) is 2. The van der Waals surface area contributed by atoms with E-state index in [2.05, 4.69) is 22.9 Å². The van der Waals surface area contributed by atoms with Crippen LogP contribution in [0.15, 0.2) is 10.9 Å². The van der Waals surface area contributed by atoms with E-state index in [1.165, 1.54) is 6.07 Å². The first-order chi connectivity index (χ1) is 9.73. The highest BCUT2D eigenvalue weighted by molar-refractivity contribution is 7.80. The highest BCUT2D eigenvalue weighted by atomic mass is 32.1. The molecule has 118 valence electrons. The third kappa shape index (κ3) is 6.06. The van der Waals surface area contributed by atoms with Gasteiger partial charge in [0, 0.05) is 24.9 Å². The van der Waals surface area contributed by atoms with Gasteiger partial charge >= 0.3 is 11.9 Å². The average Bonchev–Trinajstić information content (AvgIpc) is 2.32. The SMILES string of the molecule is NC(=O)Cc1cc(NCCS)n(CCC(F)(F)F)c(=O)n1. The number of alkyl halides is 3. The maximum Gasteiger partial charge on any atom is 0.390 e. The quantitative estimate of drug-likeness (QED) is 0.640. The van der Waals surface area contributed by atoms with E-state index in [0.717, 1.165) is 4.57 Å². The predicted molar refractivity (Wildman–Crippen MR) is 74.4 cm³/mol. The smallest absolute Gasteiger partial charge is 0.370 e. The van der Waals surface area contributed by atoms with Crippen LogP contribution >= 0.6 is 12.6 Å². The first-order valence-corrected chi connectivity index (χ1v) is 6.66. The van der Waals surface area contributed by atoms with Gasteiger partial charge in [-0.3, -0.25) is 9.36 Å². The molecule has 1 rings (SSSR count).